The average Bonchev–Trinajstić information content (AvgIpc) is 2.47. The molecule has 2 heteroatoms. The summed E-state index contributed by atoms with van der Waals surface area (Å²) in [6.07, 6.45) is 1.93. The molecule has 2 aromatic carbocycles. The van der Waals surface area contributed by atoms with Crippen LogP contribution < -0.4 is 5.32 Å². The zero-order valence-corrected chi connectivity index (χ0v) is 12.2. The van der Waals surface area contributed by atoms with Gasteiger partial charge in [-0.1, -0.05) is 50.2 Å². The van der Waals surface area contributed by atoms with Crippen LogP contribution in [0.25, 0.3) is 0 Å². The van der Waals surface area contributed by atoms with E-state index in [0.717, 1.165) is 24.9 Å². The molecule has 0 aliphatic heterocycles. The largest absolute Gasteiger partial charge is 0.310 e. The SMILES string of the molecule is CCNC(Cc1ccc(CC)cc1)c1cccc(F)c1. The van der Waals surface area contributed by atoms with Gasteiger partial charge in [0.05, 0.1) is 0 Å². The molecule has 0 radical (unpaired) electrons. The monoisotopic (exact) mass is 271 g/mol. The lowest BCUT2D eigenvalue weighted by molar-refractivity contribution is 0.542. The molecule has 0 amide bonds. The minimum atomic E-state index is -0.174. The number of halogens is 1. The van der Waals surface area contributed by atoms with Gasteiger partial charge in [0.15, 0.2) is 0 Å². The predicted molar refractivity (Wildman–Crippen MR) is 82.3 cm³/mol. The highest BCUT2D eigenvalue weighted by Gasteiger charge is 2.11. The first-order chi connectivity index (χ1) is 9.72. The Hall–Kier alpha value is -1.67. The Morgan fingerprint density at radius 1 is 1.00 bits per heavy atom. The summed E-state index contributed by atoms with van der Waals surface area (Å²) in [4.78, 5) is 0. The van der Waals surface area contributed by atoms with Gasteiger partial charge in [0.2, 0.25) is 0 Å². The summed E-state index contributed by atoms with van der Waals surface area (Å²) in [6, 6.07) is 15.7. The maximum atomic E-state index is 13.4. The van der Waals surface area contributed by atoms with Crippen molar-refractivity contribution in [3.8, 4) is 0 Å². The van der Waals surface area contributed by atoms with Crippen molar-refractivity contribution in [2.45, 2.75) is 32.7 Å². The van der Waals surface area contributed by atoms with Gasteiger partial charge in [-0.2, -0.15) is 0 Å². The van der Waals surface area contributed by atoms with Gasteiger partial charge in [-0.3, -0.25) is 0 Å². The quantitative estimate of drug-likeness (QED) is 0.827. The van der Waals surface area contributed by atoms with E-state index >= 15 is 0 Å². The maximum Gasteiger partial charge on any atom is 0.123 e. The van der Waals surface area contributed by atoms with Gasteiger partial charge in [-0.25, -0.2) is 4.39 Å². The van der Waals surface area contributed by atoms with E-state index in [4.69, 9.17) is 0 Å². The molecular formula is C18H22FN. The third kappa shape index (κ3) is 3.91. The summed E-state index contributed by atoms with van der Waals surface area (Å²) in [5.41, 5.74) is 3.63. The second-order valence-electron chi connectivity index (χ2n) is 5.04. The molecule has 0 bridgehead atoms. The van der Waals surface area contributed by atoms with E-state index < -0.39 is 0 Å². The number of nitrogens with one attached hydrogen (secondary N) is 1. The summed E-state index contributed by atoms with van der Waals surface area (Å²) in [6.45, 7) is 5.10. The Morgan fingerprint density at radius 3 is 2.30 bits per heavy atom. The molecule has 0 aliphatic rings. The topological polar surface area (TPSA) is 12.0 Å². The molecule has 0 fully saturated rings. The third-order valence-corrected chi connectivity index (χ3v) is 3.57. The minimum absolute atomic E-state index is 0.156. The molecule has 0 heterocycles. The number of aryl methyl sites for hydroxylation is 1. The molecule has 0 spiro atoms. The first-order valence-electron chi connectivity index (χ1n) is 7.29. The van der Waals surface area contributed by atoms with Crippen LogP contribution in [-0.4, -0.2) is 6.54 Å². The molecule has 0 saturated carbocycles. The number of benzene rings is 2. The molecule has 1 nitrogen and oxygen atoms in total. The Balaban J connectivity index is 2.16. The first-order valence-corrected chi connectivity index (χ1v) is 7.29. The van der Waals surface area contributed by atoms with Crippen LogP contribution in [0, 0.1) is 5.82 Å². The fourth-order valence-electron chi connectivity index (χ4n) is 2.42. The van der Waals surface area contributed by atoms with Gasteiger partial charge in [-0.05, 0) is 48.2 Å². The lowest BCUT2D eigenvalue weighted by Gasteiger charge is -2.19. The Bertz CT molecular complexity index is 533. The van der Waals surface area contributed by atoms with Crippen molar-refractivity contribution < 1.29 is 4.39 Å². The van der Waals surface area contributed by atoms with Gasteiger partial charge in [0.1, 0.15) is 5.82 Å². The molecule has 1 unspecified atom stereocenters. The van der Waals surface area contributed by atoms with E-state index in [-0.39, 0.29) is 11.9 Å². The highest BCUT2D eigenvalue weighted by molar-refractivity contribution is 5.27. The van der Waals surface area contributed by atoms with Crippen LogP contribution in [-0.2, 0) is 12.8 Å². The van der Waals surface area contributed by atoms with Gasteiger partial charge < -0.3 is 5.32 Å². The van der Waals surface area contributed by atoms with E-state index in [1.807, 2.05) is 6.07 Å². The summed E-state index contributed by atoms with van der Waals surface area (Å²) in [7, 11) is 0. The van der Waals surface area contributed by atoms with E-state index in [1.165, 1.54) is 17.2 Å². The molecule has 0 aromatic heterocycles. The second kappa shape index (κ2) is 7.20. The average molecular weight is 271 g/mol. The Kier molecular flexibility index (Phi) is 5.31. The summed E-state index contributed by atoms with van der Waals surface area (Å²) in [5, 5.41) is 3.44. The molecular weight excluding hydrogens is 249 g/mol. The summed E-state index contributed by atoms with van der Waals surface area (Å²) < 4.78 is 13.4. The van der Waals surface area contributed by atoms with Crippen LogP contribution in [0.1, 0.15) is 36.6 Å². The Labute approximate surface area is 120 Å². The van der Waals surface area contributed by atoms with Crippen molar-refractivity contribution in [2.75, 3.05) is 6.54 Å². The smallest absolute Gasteiger partial charge is 0.123 e. The van der Waals surface area contributed by atoms with Crippen molar-refractivity contribution in [2.24, 2.45) is 0 Å². The van der Waals surface area contributed by atoms with Crippen molar-refractivity contribution in [3.63, 3.8) is 0 Å². The lowest BCUT2D eigenvalue weighted by Crippen LogP contribution is -2.23. The first kappa shape index (κ1) is 14.7. The van der Waals surface area contributed by atoms with Gasteiger partial charge in [0.25, 0.3) is 0 Å². The molecule has 0 saturated heterocycles. The van der Waals surface area contributed by atoms with Gasteiger partial charge >= 0.3 is 0 Å². The normalized spacial score (nSPS) is 12.3. The molecule has 2 aromatic rings. The van der Waals surface area contributed by atoms with Crippen LogP contribution in [0.2, 0.25) is 0 Å². The van der Waals surface area contributed by atoms with Crippen molar-refractivity contribution in [1.29, 1.82) is 0 Å². The number of rotatable bonds is 6. The van der Waals surface area contributed by atoms with Gasteiger partial charge in [-0.15, -0.1) is 0 Å². The second-order valence-corrected chi connectivity index (χ2v) is 5.04. The molecule has 1 N–H and O–H groups in total. The Morgan fingerprint density at radius 2 is 1.70 bits per heavy atom. The van der Waals surface area contributed by atoms with E-state index in [2.05, 4.69) is 43.4 Å². The molecule has 20 heavy (non-hydrogen) atoms. The number of hydrogen-bond donors (Lipinski definition) is 1. The number of likely N-dealkylation sites (N-methyl/N-ethyl adjacent to an activating group) is 1. The zero-order valence-electron chi connectivity index (χ0n) is 12.2. The van der Waals surface area contributed by atoms with Crippen LogP contribution in [0.5, 0.6) is 0 Å². The number of hydrogen-bond acceptors (Lipinski definition) is 1. The highest BCUT2D eigenvalue weighted by atomic mass is 19.1. The summed E-state index contributed by atoms with van der Waals surface area (Å²) >= 11 is 0. The van der Waals surface area contributed by atoms with Gasteiger partial charge in [0, 0.05) is 6.04 Å². The van der Waals surface area contributed by atoms with E-state index in [0.29, 0.717) is 0 Å². The van der Waals surface area contributed by atoms with E-state index in [9.17, 15) is 4.39 Å². The van der Waals surface area contributed by atoms with Crippen LogP contribution >= 0.6 is 0 Å². The van der Waals surface area contributed by atoms with Crippen LogP contribution in [0.4, 0.5) is 4.39 Å². The van der Waals surface area contributed by atoms with Crippen molar-refractivity contribution in [1.82, 2.24) is 5.32 Å². The maximum absolute atomic E-state index is 13.4. The predicted octanol–water partition coefficient (Wildman–Crippen LogP) is 4.28. The molecule has 2 rings (SSSR count). The van der Waals surface area contributed by atoms with Crippen molar-refractivity contribution in [3.05, 3.63) is 71.0 Å². The molecule has 0 aliphatic carbocycles. The zero-order chi connectivity index (χ0) is 14.4. The van der Waals surface area contributed by atoms with Crippen LogP contribution in [0.15, 0.2) is 48.5 Å². The summed E-state index contributed by atoms with van der Waals surface area (Å²) in [5.74, 6) is -0.174. The van der Waals surface area contributed by atoms with Crippen LogP contribution in [0.3, 0.4) is 0 Å². The van der Waals surface area contributed by atoms with Crippen molar-refractivity contribution >= 4 is 0 Å². The lowest BCUT2D eigenvalue weighted by atomic mass is 9.97. The minimum Gasteiger partial charge on any atom is -0.310 e. The molecule has 1 atom stereocenters. The fraction of sp³-hybridized carbons (Fsp3) is 0.333. The van der Waals surface area contributed by atoms with E-state index in [1.54, 1.807) is 12.1 Å². The standard InChI is InChI=1S/C18H22FN/c1-3-14-8-10-15(11-9-14)12-18(20-4-2)16-6-5-7-17(19)13-16/h5-11,13,18,20H,3-4,12H2,1-2H3. The third-order valence-electron chi connectivity index (χ3n) is 3.57. The highest BCUT2D eigenvalue weighted by Crippen LogP contribution is 2.19. The fourth-order valence-corrected chi connectivity index (χ4v) is 2.42. The molecule has 106 valence electrons.